The number of rotatable bonds is 13. The number of esters is 2. The maximum Gasteiger partial charge on any atom is 0.374 e. The molecule has 0 spiro atoms. The topological polar surface area (TPSA) is 103 Å². The molecule has 5 rings (SSSR count). The number of aryl methyl sites for hydroxylation is 1. The van der Waals surface area contributed by atoms with Crippen molar-refractivity contribution in [3.63, 3.8) is 0 Å². The summed E-state index contributed by atoms with van der Waals surface area (Å²) in [6.07, 6.45) is -0.875. The van der Waals surface area contributed by atoms with Gasteiger partial charge in [-0.3, -0.25) is 0 Å². The van der Waals surface area contributed by atoms with Gasteiger partial charge >= 0.3 is 11.9 Å². The Bertz CT molecular complexity index is 1570. The quantitative estimate of drug-likeness (QED) is 0.115. The standard InChI is InChI=1S/C38H44O9Si/c1-27-19-21-28(22-20-27)44-34-24-23-31(45-34)36(39)46-32(35(37(40)41-5)47-33-18-12-13-25-42-33)26-43-48(38(2,3)4,29-14-8-6-9-15-29)30-16-10-7-11-17-30/h6-11,14-17,19-24,32-33,35H,12-13,18,25-26H2,1-5H3/t32-,33?,35+/m1/s1. The third-order valence-electron chi connectivity index (χ3n) is 8.37. The third-order valence-corrected chi connectivity index (χ3v) is 13.4. The first-order valence-electron chi connectivity index (χ1n) is 16.3. The van der Waals surface area contributed by atoms with Crippen molar-refractivity contribution >= 4 is 30.6 Å². The predicted octanol–water partition coefficient (Wildman–Crippen LogP) is 6.57. The molecule has 0 radical (unpaired) electrons. The lowest BCUT2D eigenvalue weighted by Crippen LogP contribution is -2.67. The SMILES string of the molecule is COC(=O)[C@@H](OC1CCCCO1)[C@@H](CO[Si](c1ccccc1)(c1ccccc1)C(C)(C)C)OC(=O)c1ccc(Oc2ccc(C)cc2)o1. The number of hydrogen-bond donors (Lipinski definition) is 0. The molecule has 3 atom stereocenters. The molecule has 1 aliphatic rings. The highest BCUT2D eigenvalue weighted by Gasteiger charge is 2.51. The van der Waals surface area contributed by atoms with Crippen LogP contribution >= 0.6 is 0 Å². The first-order chi connectivity index (χ1) is 23.1. The maximum atomic E-state index is 13.7. The van der Waals surface area contributed by atoms with Crippen molar-refractivity contribution in [3.8, 4) is 11.7 Å². The Morgan fingerprint density at radius 1 is 0.875 bits per heavy atom. The number of carbonyl (C=O) groups is 2. The highest BCUT2D eigenvalue weighted by molar-refractivity contribution is 6.99. The van der Waals surface area contributed by atoms with Crippen LogP contribution in [-0.4, -0.2) is 59.1 Å². The van der Waals surface area contributed by atoms with Crippen molar-refractivity contribution in [3.05, 3.63) is 108 Å². The Morgan fingerprint density at radius 2 is 1.52 bits per heavy atom. The number of benzene rings is 3. The fourth-order valence-electron chi connectivity index (χ4n) is 5.95. The molecule has 254 valence electrons. The molecule has 0 saturated carbocycles. The van der Waals surface area contributed by atoms with Crippen molar-refractivity contribution in [1.29, 1.82) is 0 Å². The highest BCUT2D eigenvalue weighted by atomic mass is 28.4. The molecule has 1 fully saturated rings. The minimum absolute atomic E-state index is 0.106. The van der Waals surface area contributed by atoms with Gasteiger partial charge in [0.25, 0.3) is 14.3 Å². The molecule has 0 N–H and O–H groups in total. The smallest absolute Gasteiger partial charge is 0.374 e. The average molecular weight is 673 g/mol. The van der Waals surface area contributed by atoms with Gasteiger partial charge in [0.15, 0.2) is 18.5 Å². The van der Waals surface area contributed by atoms with Crippen LogP contribution in [0.1, 0.15) is 56.2 Å². The Balaban J connectivity index is 1.48. The molecule has 4 aromatic rings. The van der Waals surface area contributed by atoms with Crippen molar-refractivity contribution in [1.82, 2.24) is 0 Å². The van der Waals surface area contributed by atoms with Gasteiger partial charge in [-0.25, -0.2) is 9.59 Å². The van der Waals surface area contributed by atoms with E-state index in [4.69, 9.17) is 32.5 Å². The van der Waals surface area contributed by atoms with Crippen LogP contribution in [0, 0.1) is 6.92 Å². The normalized spacial score (nSPS) is 16.5. The van der Waals surface area contributed by atoms with Crippen LogP contribution < -0.4 is 15.1 Å². The fourth-order valence-corrected chi connectivity index (χ4v) is 10.5. The molecule has 0 amide bonds. The van der Waals surface area contributed by atoms with E-state index in [0.717, 1.165) is 28.8 Å². The fraction of sp³-hybridized carbons (Fsp3) is 0.368. The molecule has 3 aromatic carbocycles. The van der Waals surface area contributed by atoms with Crippen LogP contribution in [-0.2, 0) is 28.2 Å². The monoisotopic (exact) mass is 672 g/mol. The van der Waals surface area contributed by atoms with Crippen molar-refractivity contribution < 1.29 is 42.1 Å². The van der Waals surface area contributed by atoms with E-state index in [1.54, 1.807) is 12.1 Å². The molecule has 2 heterocycles. The van der Waals surface area contributed by atoms with E-state index in [2.05, 4.69) is 45.0 Å². The number of hydrogen-bond acceptors (Lipinski definition) is 9. The highest BCUT2D eigenvalue weighted by Crippen LogP contribution is 2.37. The molecule has 1 aromatic heterocycles. The van der Waals surface area contributed by atoms with E-state index in [0.29, 0.717) is 18.8 Å². The Labute approximate surface area is 283 Å². The zero-order valence-corrected chi connectivity index (χ0v) is 29.2. The summed E-state index contributed by atoms with van der Waals surface area (Å²) < 4.78 is 41.9. The summed E-state index contributed by atoms with van der Waals surface area (Å²) in [6, 6.07) is 30.6. The summed E-state index contributed by atoms with van der Waals surface area (Å²) in [5.41, 5.74) is 1.08. The minimum atomic E-state index is -3.10. The molecular formula is C38H44O9Si. The Hall–Kier alpha value is -4.22. The van der Waals surface area contributed by atoms with Gasteiger partial charge < -0.3 is 32.5 Å². The van der Waals surface area contributed by atoms with Crippen molar-refractivity contribution in [2.24, 2.45) is 0 Å². The van der Waals surface area contributed by atoms with Crippen LogP contribution in [0.4, 0.5) is 0 Å². The van der Waals surface area contributed by atoms with Gasteiger partial charge in [0, 0.05) is 12.7 Å². The molecule has 1 saturated heterocycles. The molecule has 0 aliphatic carbocycles. The lowest BCUT2D eigenvalue weighted by atomic mass is 10.2. The summed E-state index contributed by atoms with van der Waals surface area (Å²) in [7, 11) is -1.84. The van der Waals surface area contributed by atoms with Crippen LogP contribution in [0.25, 0.3) is 0 Å². The van der Waals surface area contributed by atoms with E-state index >= 15 is 0 Å². The van der Waals surface area contributed by atoms with Gasteiger partial charge in [-0.15, -0.1) is 0 Å². The lowest BCUT2D eigenvalue weighted by Gasteiger charge is -2.44. The van der Waals surface area contributed by atoms with Gasteiger partial charge in [-0.05, 0) is 59.8 Å². The van der Waals surface area contributed by atoms with Crippen LogP contribution in [0.5, 0.6) is 11.7 Å². The predicted molar refractivity (Wildman–Crippen MR) is 183 cm³/mol. The van der Waals surface area contributed by atoms with Gasteiger partial charge in [0.05, 0.1) is 13.7 Å². The summed E-state index contributed by atoms with van der Waals surface area (Å²) in [5.74, 6) is -0.965. The second-order valence-corrected chi connectivity index (χ2v) is 17.1. The minimum Gasteiger partial charge on any atom is -0.467 e. The maximum absolute atomic E-state index is 13.7. The number of furan rings is 1. The van der Waals surface area contributed by atoms with E-state index in [-0.39, 0.29) is 23.4 Å². The molecule has 9 nitrogen and oxygen atoms in total. The van der Waals surface area contributed by atoms with Gasteiger partial charge in [-0.1, -0.05) is 99.1 Å². The molecular weight excluding hydrogens is 628 g/mol. The lowest BCUT2D eigenvalue weighted by molar-refractivity contribution is -0.219. The third kappa shape index (κ3) is 8.25. The first-order valence-corrected chi connectivity index (χ1v) is 18.2. The summed E-state index contributed by atoms with van der Waals surface area (Å²) >= 11 is 0. The van der Waals surface area contributed by atoms with Crippen LogP contribution in [0.15, 0.2) is 101 Å². The largest absolute Gasteiger partial charge is 0.467 e. The second kappa shape index (κ2) is 15.8. The Morgan fingerprint density at radius 3 is 2.08 bits per heavy atom. The summed E-state index contributed by atoms with van der Waals surface area (Å²) in [4.78, 5) is 27.0. The van der Waals surface area contributed by atoms with Crippen molar-refractivity contribution in [2.45, 2.75) is 70.5 Å². The number of ether oxygens (including phenoxy) is 5. The van der Waals surface area contributed by atoms with E-state index in [1.165, 1.54) is 19.2 Å². The summed E-state index contributed by atoms with van der Waals surface area (Å²) in [6.45, 7) is 8.73. The zero-order valence-electron chi connectivity index (χ0n) is 28.2. The zero-order chi connectivity index (χ0) is 34.1. The molecule has 1 unspecified atom stereocenters. The van der Waals surface area contributed by atoms with Crippen molar-refractivity contribution in [2.75, 3.05) is 20.3 Å². The van der Waals surface area contributed by atoms with Gasteiger partial charge in [0.2, 0.25) is 5.76 Å². The molecule has 0 bridgehead atoms. The average Bonchev–Trinajstić information content (AvgIpc) is 3.57. The molecule has 1 aliphatic heterocycles. The van der Waals surface area contributed by atoms with E-state index in [9.17, 15) is 9.59 Å². The van der Waals surface area contributed by atoms with E-state index in [1.807, 2.05) is 55.5 Å². The first kappa shape index (κ1) is 35.1. The van der Waals surface area contributed by atoms with E-state index < -0.39 is 38.8 Å². The summed E-state index contributed by atoms with van der Waals surface area (Å²) in [5, 5.41) is 1.69. The van der Waals surface area contributed by atoms with Crippen LogP contribution in [0.3, 0.4) is 0 Å². The number of carbonyl (C=O) groups excluding carboxylic acids is 2. The molecule has 48 heavy (non-hydrogen) atoms. The second-order valence-electron chi connectivity index (χ2n) is 12.8. The van der Waals surface area contributed by atoms with Gasteiger partial charge in [-0.2, -0.15) is 0 Å². The Kier molecular flexibility index (Phi) is 11.5. The number of methoxy groups -OCH3 is 1. The van der Waals surface area contributed by atoms with Crippen LogP contribution in [0.2, 0.25) is 5.04 Å². The molecule has 10 heteroatoms. The van der Waals surface area contributed by atoms with Gasteiger partial charge in [0.1, 0.15) is 5.75 Å².